The van der Waals surface area contributed by atoms with Gasteiger partial charge in [-0.05, 0) is 29.8 Å². The zero-order valence-electron chi connectivity index (χ0n) is 14.2. The molecule has 1 N–H and O–H groups in total. The zero-order valence-corrected chi connectivity index (χ0v) is 15.8. The fourth-order valence-corrected chi connectivity index (χ4v) is 3.63. The van der Waals surface area contributed by atoms with E-state index in [0.29, 0.717) is 10.2 Å². The number of rotatable bonds is 5. The maximum Gasteiger partial charge on any atom is 0.204 e. The fourth-order valence-electron chi connectivity index (χ4n) is 2.56. The lowest BCUT2D eigenvalue weighted by Crippen LogP contribution is -1.91. The number of hydrogen-bond donors (Lipinski definition) is 1. The highest BCUT2D eigenvalue weighted by Crippen LogP contribution is 2.39. The van der Waals surface area contributed by atoms with Crippen LogP contribution in [0.5, 0.6) is 0 Å². The third kappa shape index (κ3) is 4.22. The first-order valence-electron chi connectivity index (χ1n) is 8.32. The van der Waals surface area contributed by atoms with E-state index in [2.05, 4.69) is 27.6 Å². The molecular weight excluding hydrogens is 376 g/mol. The lowest BCUT2D eigenvalue weighted by Gasteiger charge is -2.02. The highest BCUT2D eigenvalue weighted by Gasteiger charge is 2.14. The van der Waals surface area contributed by atoms with Gasteiger partial charge in [-0.15, -0.1) is 0 Å². The summed E-state index contributed by atoms with van der Waals surface area (Å²) in [6.07, 6.45) is 3.41. The van der Waals surface area contributed by atoms with E-state index in [1.165, 1.54) is 0 Å². The Bertz CT molecular complexity index is 1040. The zero-order chi connectivity index (χ0) is 18.5. The molecule has 0 saturated carbocycles. The Hall–Kier alpha value is -3.02. The molecule has 2 heterocycles. The number of anilines is 1. The first kappa shape index (κ1) is 17.4. The first-order valence-corrected chi connectivity index (χ1v) is 9.51. The molecule has 0 aliphatic rings. The Balaban J connectivity index is 1.67. The number of nitrogens with zero attached hydrogens (tertiary/aromatic N) is 3. The van der Waals surface area contributed by atoms with Crippen LogP contribution in [0.4, 0.5) is 5.13 Å². The minimum absolute atomic E-state index is 0.702. The predicted molar refractivity (Wildman–Crippen MR) is 113 cm³/mol. The smallest absolute Gasteiger partial charge is 0.204 e. The fraction of sp³-hybridized carbons (Fsp3) is 0. The third-order valence-electron chi connectivity index (χ3n) is 3.83. The van der Waals surface area contributed by atoms with Gasteiger partial charge in [0.05, 0.1) is 22.5 Å². The summed E-state index contributed by atoms with van der Waals surface area (Å²) in [5.74, 6) is 0. The van der Waals surface area contributed by atoms with Gasteiger partial charge in [0, 0.05) is 16.8 Å². The van der Waals surface area contributed by atoms with Crippen molar-refractivity contribution >= 4 is 34.3 Å². The molecule has 0 aliphatic heterocycles. The molecule has 0 unspecified atom stereocenters. The predicted octanol–water partition coefficient (Wildman–Crippen LogP) is 5.97. The van der Waals surface area contributed by atoms with Crippen LogP contribution in [0.15, 0.2) is 84.1 Å². The maximum absolute atomic E-state index is 6.03. The molecule has 0 spiro atoms. The van der Waals surface area contributed by atoms with Crippen molar-refractivity contribution in [2.45, 2.75) is 0 Å². The Labute approximate surface area is 166 Å². The van der Waals surface area contributed by atoms with Gasteiger partial charge in [0.2, 0.25) is 5.13 Å². The normalized spacial score (nSPS) is 11.0. The molecule has 4 aromatic rings. The standard InChI is InChI=1S/C21H15ClN4S/c22-17-11-9-15(10-12-17)19-20(16-6-2-1-3-7-16)27-21(25-19)26-24-14-18-8-4-5-13-23-18/h1-14H,(H,25,26). The molecule has 0 aliphatic carbocycles. The van der Waals surface area contributed by atoms with E-state index in [-0.39, 0.29) is 0 Å². The molecule has 132 valence electrons. The molecule has 6 heteroatoms. The SMILES string of the molecule is Clc1ccc(-c2nc(NN=Cc3ccccn3)sc2-c2ccccc2)cc1. The monoisotopic (exact) mass is 390 g/mol. The van der Waals surface area contributed by atoms with Gasteiger partial charge in [-0.1, -0.05) is 71.5 Å². The van der Waals surface area contributed by atoms with Crippen LogP contribution in [0.1, 0.15) is 5.69 Å². The Morgan fingerprint density at radius 1 is 0.889 bits per heavy atom. The van der Waals surface area contributed by atoms with E-state index >= 15 is 0 Å². The summed E-state index contributed by atoms with van der Waals surface area (Å²) in [4.78, 5) is 10.0. The van der Waals surface area contributed by atoms with Gasteiger partial charge < -0.3 is 0 Å². The van der Waals surface area contributed by atoms with E-state index in [1.54, 1.807) is 23.7 Å². The quantitative estimate of drug-likeness (QED) is 0.337. The van der Waals surface area contributed by atoms with Crippen LogP contribution in [-0.2, 0) is 0 Å². The number of hydrogen-bond acceptors (Lipinski definition) is 5. The van der Waals surface area contributed by atoms with Crippen LogP contribution >= 0.6 is 22.9 Å². The van der Waals surface area contributed by atoms with E-state index in [0.717, 1.165) is 27.4 Å². The maximum atomic E-state index is 6.03. The minimum Gasteiger partial charge on any atom is -0.255 e. The molecular formula is C21H15ClN4S. The number of nitrogens with one attached hydrogen (secondary N) is 1. The molecule has 2 aromatic carbocycles. The van der Waals surface area contributed by atoms with Crippen LogP contribution < -0.4 is 5.43 Å². The van der Waals surface area contributed by atoms with E-state index in [9.17, 15) is 0 Å². The van der Waals surface area contributed by atoms with Crippen LogP contribution in [0, 0.1) is 0 Å². The number of halogens is 1. The summed E-state index contributed by atoms with van der Waals surface area (Å²) in [5.41, 5.74) is 6.82. The average molecular weight is 391 g/mol. The Morgan fingerprint density at radius 3 is 2.41 bits per heavy atom. The van der Waals surface area contributed by atoms with Gasteiger partial charge in [0.25, 0.3) is 0 Å². The van der Waals surface area contributed by atoms with Crippen molar-refractivity contribution in [3.63, 3.8) is 0 Å². The van der Waals surface area contributed by atoms with Crippen molar-refractivity contribution in [3.8, 4) is 21.7 Å². The summed E-state index contributed by atoms with van der Waals surface area (Å²) in [6, 6.07) is 23.6. The second-order valence-corrected chi connectivity index (χ2v) is 7.13. The molecule has 0 atom stereocenters. The van der Waals surface area contributed by atoms with Crippen LogP contribution in [0.25, 0.3) is 21.7 Å². The minimum atomic E-state index is 0.702. The van der Waals surface area contributed by atoms with Crippen molar-refractivity contribution in [2.75, 3.05) is 5.43 Å². The number of thiazole rings is 1. The first-order chi connectivity index (χ1) is 13.3. The van der Waals surface area contributed by atoms with E-state index < -0.39 is 0 Å². The Kier molecular flexibility index (Phi) is 5.23. The lowest BCUT2D eigenvalue weighted by atomic mass is 10.1. The molecule has 0 amide bonds. The number of aromatic nitrogens is 2. The lowest BCUT2D eigenvalue weighted by molar-refractivity contribution is 1.26. The van der Waals surface area contributed by atoms with Gasteiger partial charge in [0.1, 0.15) is 0 Å². The molecule has 0 bridgehead atoms. The largest absolute Gasteiger partial charge is 0.255 e. The van der Waals surface area contributed by atoms with Crippen molar-refractivity contribution in [1.29, 1.82) is 0 Å². The van der Waals surface area contributed by atoms with E-state index in [4.69, 9.17) is 16.6 Å². The molecule has 0 saturated heterocycles. The third-order valence-corrected chi connectivity index (χ3v) is 5.09. The van der Waals surface area contributed by atoms with Crippen molar-refractivity contribution in [3.05, 3.63) is 89.7 Å². The Morgan fingerprint density at radius 2 is 1.67 bits per heavy atom. The molecule has 4 rings (SSSR count). The van der Waals surface area contributed by atoms with Crippen molar-refractivity contribution in [2.24, 2.45) is 5.10 Å². The van der Waals surface area contributed by atoms with Crippen LogP contribution in [0.3, 0.4) is 0 Å². The van der Waals surface area contributed by atoms with Gasteiger partial charge in [-0.2, -0.15) is 5.10 Å². The molecule has 0 radical (unpaired) electrons. The van der Waals surface area contributed by atoms with E-state index in [1.807, 2.05) is 60.7 Å². The second kappa shape index (κ2) is 8.12. The average Bonchev–Trinajstić information content (AvgIpc) is 3.14. The second-order valence-electron chi connectivity index (χ2n) is 5.69. The van der Waals surface area contributed by atoms with Gasteiger partial charge in [-0.3, -0.25) is 10.4 Å². The topological polar surface area (TPSA) is 50.2 Å². The number of benzene rings is 2. The summed E-state index contributed by atoms with van der Waals surface area (Å²) < 4.78 is 0. The van der Waals surface area contributed by atoms with Crippen LogP contribution in [-0.4, -0.2) is 16.2 Å². The summed E-state index contributed by atoms with van der Waals surface area (Å²) in [6.45, 7) is 0. The van der Waals surface area contributed by atoms with Crippen LogP contribution in [0.2, 0.25) is 5.02 Å². The van der Waals surface area contributed by atoms with Gasteiger partial charge >= 0.3 is 0 Å². The molecule has 0 fully saturated rings. The molecule has 4 nitrogen and oxygen atoms in total. The highest BCUT2D eigenvalue weighted by atomic mass is 35.5. The highest BCUT2D eigenvalue weighted by molar-refractivity contribution is 7.19. The van der Waals surface area contributed by atoms with Gasteiger partial charge in [-0.25, -0.2) is 4.98 Å². The van der Waals surface area contributed by atoms with Gasteiger partial charge in [0.15, 0.2) is 0 Å². The molecule has 2 aromatic heterocycles. The van der Waals surface area contributed by atoms with Crippen molar-refractivity contribution < 1.29 is 0 Å². The summed E-state index contributed by atoms with van der Waals surface area (Å²) in [5, 5.41) is 5.67. The molecule has 27 heavy (non-hydrogen) atoms. The number of hydrazone groups is 1. The number of pyridine rings is 1. The summed E-state index contributed by atoms with van der Waals surface area (Å²) >= 11 is 7.59. The van der Waals surface area contributed by atoms with Crippen molar-refractivity contribution in [1.82, 2.24) is 9.97 Å². The summed E-state index contributed by atoms with van der Waals surface area (Å²) in [7, 11) is 0.